The molecule has 6 heteroatoms. The Morgan fingerprint density at radius 2 is 2.05 bits per heavy atom. The summed E-state index contributed by atoms with van der Waals surface area (Å²) in [4.78, 5) is 20.8. The zero-order valence-corrected chi connectivity index (χ0v) is 14.7. The Labute approximate surface area is 139 Å². The smallest absolute Gasteiger partial charge is 0.225 e. The molecule has 0 saturated carbocycles. The topological polar surface area (TPSA) is 36.4 Å². The minimum atomic E-state index is 0.144. The molecule has 0 radical (unpaired) electrons. The number of aryl methyl sites for hydroxylation is 1. The van der Waals surface area contributed by atoms with E-state index in [4.69, 9.17) is 16.6 Å². The van der Waals surface area contributed by atoms with Crippen molar-refractivity contribution in [3.05, 3.63) is 22.7 Å². The van der Waals surface area contributed by atoms with E-state index >= 15 is 0 Å². The van der Waals surface area contributed by atoms with Gasteiger partial charge in [0.25, 0.3) is 0 Å². The van der Waals surface area contributed by atoms with Crippen LogP contribution in [0.15, 0.2) is 12.1 Å². The third-order valence-electron chi connectivity index (χ3n) is 4.24. The van der Waals surface area contributed by atoms with Crippen LogP contribution in [0.4, 0.5) is 5.13 Å². The molecule has 118 valence electrons. The molecule has 2 aromatic rings. The molecule has 1 aromatic carbocycles. The highest BCUT2D eigenvalue weighted by atomic mass is 35.5. The number of carbonyl (C=O) groups is 1. The first-order valence-electron chi connectivity index (χ1n) is 7.49. The lowest BCUT2D eigenvalue weighted by molar-refractivity contribution is -0.133. The molecule has 0 aliphatic carbocycles. The summed E-state index contributed by atoms with van der Waals surface area (Å²) >= 11 is 7.93. The van der Waals surface area contributed by atoms with Gasteiger partial charge in [-0.25, -0.2) is 4.98 Å². The lowest BCUT2D eigenvalue weighted by Crippen LogP contribution is -2.40. The van der Waals surface area contributed by atoms with Gasteiger partial charge in [0, 0.05) is 33.1 Å². The van der Waals surface area contributed by atoms with Gasteiger partial charge < -0.3 is 9.80 Å². The van der Waals surface area contributed by atoms with Gasteiger partial charge >= 0.3 is 0 Å². The van der Waals surface area contributed by atoms with Crippen LogP contribution in [-0.2, 0) is 4.79 Å². The van der Waals surface area contributed by atoms with Crippen LogP contribution < -0.4 is 4.90 Å². The lowest BCUT2D eigenvalue weighted by atomic mass is 9.96. The summed E-state index contributed by atoms with van der Waals surface area (Å²) in [6.45, 7) is 3.81. The van der Waals surface area contributed by atoms with Crippen molar-refractivity contribution in [3.8, 4) is 0 Å². The lowest BCUT2D eigenvalue weighted by Gasteiger charge is -2.32. The number of thiazole rings is 1. The van der Waals surface area contributed by atoms with E-state index in [1.807, 2.05) is 26.2 Å². The zero-order chi connectivity index (χ0) is 15.9. The average molecular weight is 338 g/mol. The van der Waals surface area contributed by atoms with Gasteiger partial charge in [-0.1, -0.05) is 29.0 Å². The minimum Gasteiger partial charge on any atom is -0.349 e. The van der Waals surface area contributed by atoms with E-state index in [1.54, 1.807) is 16.2 Å². The summed E-state index contributed by atoms with van der Waals surface area (Å²) in [5.74, 6) is 0.383. The number of benzene rings is 1. The summed E-state index contributed by atoms with van der Waals surface area (Å²) in [5.41, 5.74) is 2.15. The van der Waals surface area contributed by atoms with Gasteiger partial charge in [-0.3, -0.25) is 4.79 Å². The number of fused-ring (bicyclic) bond motifs is 1. The molecule has 0 spiro atoms. The molecule has 4 nitrogen and oxygen atoms in total. The summed E-state index contributed by atoms with van der Waals surface area (Å²) in [5, 5.41) is 1.78. The molecule has 0 N–H and O–H groups in total. The normalized spacial score (nSPS) is 16.3. The van der Waals surface area contributed by atoms with Gasteiger partial charge in [-0.2, -0.15) is 0 Å². The maximum absolute atomic E-state index is 12.0. The van der Waals surface area contributed by atoms with E-state index in [-0.39, 0.29) is 11.8 Å². The van der Waals surface area contributed by atoms with Crippen LogP contribution in [-0.4, -0.2) is 43.0 Å². The molecule has 0 bridgehead atoms. The Morgan fingerprint density at radius 1 is 1.36 bits per heavy atom. The standard InChI is InChI=1S/C16H20ClN3OS/c1-10-4-5-12(17)14-13(10)18-16(22-14)20-8-6-11(7-9-20)15(21)19(2)3/h4-5,11H,6-9H2,1-3H3. The molecular formula is C16H20ClN3OS. The van der Waals surface area contributed by atoms with Crippen molar-refractivity contribution in [2.24, 2.45) is 5.92 Å². The summed E-state index contributed by atoms with van der Waals surface area (Å²) < 4.78 is 1.06. The zero-order valence-electron chi connectivity index (χ0n) is 13.1. The fourth-order valence-corrected chi connectivity index (χ4v) is 4.28. The number of amides is 1. The second-order valence-corrected chi connectivity index (χ2v) is 7.42. The average Bonchev–Trinajstić information content (AvgIpc) is 2.97. The molecule has 2 heterocycles. The van der Waals surface area contributed by atoms with E-state index < -0.39 is 0 Å². The van der Waals surface area contributed by atoms with Crippen molar-refractivity contribution >= 4 is 44.2 Å². The Balaban J connectivity index is 1.78. The van der Waals surface area contributed by atoms with E-state index in [9.17, 15) is 4.79 Å². The maximum atomic E-state index is 12.0. The first kappa shape index (κ1) is 15.6. The van der Waals surface area contributed by atoms with Crippen molar-refractivity contribution in [1.82, 2.24) is 9.88 Å². The number of hydrogen-bond donors (Lipinski definition) is 0. The highest BCUT2D eigenvalue weighted by Crippen LogP contribution is 2.36. The predicted octanol–water partition coefficient (Wildman–Crippen LogP) is 3.56. The molecule has 1 aromatic heterocycles. The summed E-state index contributed by atoms with van der Waals surface area (Å²) in [6.07, 6.45) is 1.78. The molecular weight excluding hydrogens is 318 g/mol. The monoisotopic (exact) mass is 337 g/mol. The van der Waals surface area contributed by atoms with Gasteiger partial charge in [-0.15, -0.1) is 0 Å². The number of aromatic nitrogens is 1. The molecule has 1 aliphatic heterocycles. The van der Waals surface area contributed by atoms with Crippen molar-refractivity contribution in [3.63, 3.8) is 0 Å². The van der Waals surface area contributed by atoms with E-state index in [0.717, 1.165) is 51.9 Å². The van der Waals surface area contributed by atoms with Crippen molar-refractivity contribution in [1.29, 1.82) is 0 Å². The third kappa shape index (κ3) is 2.79. The molecule has 0 atom stereocenters. The Hall–Kier alpha value is -1.33. The second kappa shape index (κ2) is 6.05. The number of rotatable bonds is 2. The molecule has 22 heavy (non-hydrogen) atoms. The number of carbonyl (C=O) groups excluding carboxylic acids is 1. The second-order valence-electron chi connectivity index (χ2n) is 6.03. The minimum absolute atomic E-state index is 0.144. The fraction of sp³-hybridized carbons (Fsp3) is 0.500. The molecule has 1 aliphatic rings. The Morgan fingerprint density at radius 3 is 2.64 bits per heavy atom. The van der Waals surface area contributed by atoms with E-state index in [1.165, 1.54) is 0 Å². The molecule has 1 fully saturated rings. The van der Waals surface area contributed by atoms with Crippen LogP contribution in [0.1, 0.15) is 18.4 Å². The highest BCUT2D eigenvalue weighted by Gasteiger charge is 2.27. The quantitative estimate of drug-likeness (QED) is 0.840. The number of halogens is 1. The van der Waals surface area contributed by atoms with Gasteiger partial charge in [0.15, 0.2) is 5.13 Å². The van der Waals surface area contributed by atoms with Crippen LogP contribution in [0.2, 0.25) is 5.02 Å². The van der Waals surface area contributed by atoms with Crippen LogP contribution >= 0.6 is 22.9 Å². The van der Waals surface area contributed by atoms with Gasteiger partial charge in [-0.05, 0) is 31.4 Å². The van der Waals surface area contributed by atoms with Crippen LogP contribution in [0, 0.1) is 12.8 Å². The molecule has 1 saturated heterocycles. The number of piperidine rings is 1. The third-order valence-corrected chi connectivity index (χ3v) is 5.82. The number of anilines is 1. The number of nitrogens with zero attached hydrogens (tertiary/aromatic N) is 3. The highest BCUT2D eigenvalue weighted by molar-refractivity contribution is 7.22. The van der Waals surface area contributed by atoms with Gasteiger partial charge in [0.1, 0.15) is 0 Å². The summed E-state index contributed by atoms with van der Waals surface area (Å²) in [6, 6.07) is 3.94. The van der Waals surface area contributed by atoms with E-state index in [0.29, 0.717) is 0 Å². The number of hydrogen-bond acceptors (Lipinski definition) is 4. The van der Waals surface area contributed by atoms with Crippen molar-refractivity contribution in [2.75, 3.05) is 32.1 Å². The van der Waals surface area contributed by atoms with Crippen LogP contribution in [0.25, 0.3) is 10.2 Å². The van der Waals surface area contributed by atoms with E-state index in [2.05, 4.69) is 11.8 Å². The Bertz CT molecular complexity index is 666. The first-order valence-corrected chi connectivity index (χ1v) is 8.68. The predicted molar refractivity (Wildman–Crippen MR) is 93.0 cm³/mol. The fourth-order valence-electron chi connectivity index (χ4n) is 2.91. The molecule has 0 unspecified atom stereocenters. The SMILES string of the molecule is Cc1ccc(Cl)c2sc(N3CCC(C(=O)N(C)C)CC3)nc12. The van der Waals surface area contributed by atoms with Crippen LogP contribution in [0.3, 0.4) is 0 Å². The summed E-state index contributed by atoms with van der Waals surface area (Å²) in [7, 11) is 3.65. The molecule has 1 amide bonds. The van der Waals surface area contributed by atoms with Gasteiger partial charge in [0.05, 0.1) is 15.2 Å². The Kier molecular flexibility index (Phi) is 4.28. The van der Waals surface area contributed by atoms with Crippen LogP contribution in [0.5, 0.6) is 0 Å². The van der Waals surface area contributed by atoms with Crippen molar-refractivity contribution in [2.45, 2.75) is 19.8 Å². The van der Waals surface area contributed by atoms with Crippen molar-refractivity contribution < 1.29 is 4.79 Å². The van der Waals surface area contributed by atoms with Gasteiger partial charge in [0.2, 0.25) is 5.91 Å². The first-order chi connectivity index (χ1) is 10.5. The largest absolute Gasteiger partial charge is 0.349 e. The molecule has 3 rings (SSSR count). The maximum Gasteiger partial charge on any atom is 0.225 e.